The summed E-state index contributed by atoms with van der Waals surface area (Å²) in [5, 5.41) is 7.29. The number of nitrogens with zero attached hydrogens (tertiary/aromatic N) is 5. The standard InChI is InChI=1S/C28H29N7O3/c1-33-11-13-34(14-12-33)20-6-4-19(5-7-20)30-28(36)23-16-35(32-27(23)29)25-10-3-18-17-38-24-15-21(37-2)8-9-22(24)26(18)31-25/h3-10,15-16H,11-14,17H2,1-2H3,(H2,29,32)(H,30,36). The lowest BCUT2D eigenvalue weighted by molar-refractivity contribution is 0.102. The second kappa shape index (κ2) is 9.71. The Morgan fingerprint density at radius 3 is 2.61 bits per heavy atom. The molecule has 1 saturated heterocycles. The SMILES string of the molecule is COc1ccc2c(c1)OCc1ccc(-n3cc(C(=O)Nc4ccc(N5CCN(C)CC5)cc4)c(N)n3)nc1-2. The van der Waals surface area contributed by atoms with Crippen molar-refractivity contribution in [3.05, 3.63) is 71.9 Å². The number of pyridine rings is 1. The average Bonchev–Trinajstić information content (AvgIpc) is 3.35. The Morgan fingerprint density at radius 2 is 1.84 bits per heavy atom. The number of rotatable bonds is 5. The molecule has 3 N–H and O–H groups in total. The van der Waals surface area contributed by atoms with Crippen molar-refractivity contribution >= 4 is 23.1 Å². The Balaban J connectivity index is 1.20. The van der Waals surface area contributed by atoms with Crippen molar-refractivity contribution in [2.75, 3.05) is 56.3 Å². The number of hydrogen-bond acceptors (Lipinski definition) is 8. The molecule has 0 radical (unpaired) electrons. The van der Waals surface area contributed by atoms with Crippen LogP contribution in [-0.4, -0.2) is 65.9 Å². The number of benzene rings is 2. The minimum atomic E-state index is -0.329. The van der Waals surface area contributed by atoms with Crippen LogP contribution < -0.4 is 25.4 Å². The molecule has 0 atom stereocenters. The number of nitrogen functional groups attached to an aromatic ring is 1. The topological polar surface area (TPSA) is 111 Å². The van der Waals surface area contributed by atoms with Crippen molar-refractivity contribution in [3.63, 3.8) is 0 Å². The molecule has 0 saturated carbocycles. The number of nitrogens with one attached hydrogen (secondary N) is 1. The Kier molecular flexibility index (Phi) is 6.09. The minimum absolute atomic E-state index is 0.129. The van der Waals surface area contributed by atoms with E-state index < -0.39 is 0 Å². The van der Waals surface area contributed by atoms with Crippen LogP contribution >= 0.6 is 0 Å². The van der Waals surface area contributed by atoms with Crippen LogP contribution in [0.3, 0.4) is 0 Å². The highest BCUT2D eigenvalue weighted by atomic mass is 16.5. The minimum Gasteiger partial charge on any atom is -0.497 e. The van der Waals surface area contributed by atoms with E-state index in [0.717, 1.165) is 48.7 Å². The third kappa shape index (κ3) is 4.50. The summed E-state index contributed by atoms with van der Waals surface area (Å²) in [6.45, 7) is 4.46. The van der Waals surface area contributed by atoms with Crippen LogP contribution in [0.4, 0.5) is 17.2 Å². The average molecular weight is 512 g/mol. The molecule has 1 amide bonds. The van der Waals surface area contributed by atoms with E-state index in [-0.39, 0.29) is 17.3 Å². The lowest BCUT2D eigenvalue weighted by Crippen LogP contribution is -2.44. The molecule has 0 spiro atoms. The highest BCUT2D eigenvalue weighted by Crippen LogP contribution is 2.38. The number of aromatic nitrogens is 3. The molecule has 0 bridgehead atoms. The first-order chi connectivity index (χ1) is 18.5. The number of carbonyl (C=O) groups excluding carboxylic acids is 1. The molecule has 2 aliphatic rings. The first-order valence-electron chi connectivity index (χ1n) is 12.5. The van der Waals surface area contributed by atoms with Gasteiger partial charge in [0.25, 0.3) is 5.91 Å². The van der Waals surface area contributed by atoms with Gasteiger partial charge in [-0.1, -0.05) is 0 Å². The summed E-state index contributed by atoms with van der Waals surface area (Å²) in [6.07, 6.45) is 1.60. The second-order valence-electron chi connectivity index (χ2n) is 9.49. The van der Waals surface area contributed by atoms with Crippen molar-refractivity contribution in [2.24, 2.45) is 0 Å². The maximum absolute atomic E-state index is 13.0. The van der Waals surface area contributed by atoms with E-state index in [1.807, 2.05) is 54.6 Å². The summed E-state index contributed by atoms with van der Waals surface area (Å²) in [4.78, 5) is 22.5. The van der Waals surface area contributed by atoms with E-state index in [2.05, 4.69) is 27.3 Å². The zero-order chi connectivity index (χ0) is 26.2. The van der Waals surface area contributed by atoms with Crippen LogP contribution in [0.25, 0.3) is 17.1 Å². The summed E-state index contributed by atoms with van der Waals surface area (Å²) in [7, 11) is 3.76. The van der Waals surface area contributed by atoms with Crippen LogP contribution in [-0.2, 0) is 6.61 Å². The van der Waals surface area contributed by atoms with Crippen LogP contribution in [0.15, 0.2) is 60.8 Å². The molecule has 4 heterocycles. The quantitative estimate of drug-likeness (QED) is 0.419. The Hall–Kier alpha value is -4.57. The maximum atomic E-state index is 13.0. The zero-order valence-electron chi connectivity index (χ0n) is 21.3. The number of nitrogens with two attached hydrogens (primary N) is 1. The third-order valence-electron chi connectivity index (χ3n) is 7.01. The number of fused-ring (bicyclic) bond motifs is 3. The first kappa shape index (κ1) is 23.8. The molecule has 4 aromatic rings. The Labute approximate surface area is 220 Å². The number of carbonyl (C=O) groups is 1. The van der Waals surface area contributed by atoms with Crippen LogP contribution in [0, 0.1) is 0 Å². The van der Waals surface area contributed by atoms with Gasteiger partial charge in [-0.15, -0.1) is 5.10 Å². The molecule has 2 aromatic carbocycles. The molecule has 10 nitrogen and oxygen atoms in total. The molecule has 2 aromatic heterocycles. The summed E-state index contributed by atoms with van der Waals surface area (Å²) in [5.74, 6) is 1.78. The maximum Gasteiger partial charge on any atom is 0.261 e. The van der Waals surface area contributed by atoms with Gasteiger partial charge in [0.05, 0.1) is 12.8 Å². The molecule has 194 valence electrons. The molecule has 6 rings (SSSR count). The lowest BCUT2D eigenvalue weighted by Gasteiger charge is -2.34. The summed E-state index contributed by atoms with van der Waals surface area (Å²) < 4.78 is 12.7. The smallest absolute Gasteiger partial charge is 0.261 e. The highest BCUT2D eigenvalue weighted by Gasteiger charge is 2.22. The molecule has 1 fully saturated rings. The third-order valence-corrected chi connectivity index (χ3v) is 7.01. The monoisotopic (exact) mass is 511 g/mol. The van der Waals surface area contributed by atoms with Gasteiger partial charge < -0.3 is 30.3 Å². The number of ether oxygens (including phenoxy) is 2. The summed E-state index contributed by atoms with van der Waals surface area (Å²) >= 11 is 0. The van der Waals surface area contributed by atoms with Crippen LogP contribution in [0.5, 0.6) is 11.5 Å². The van der Waals surface area contributed by atoms with Gasteiger partial charge in [-0.3, -0.25) is 4.79 Å². The van der Waals surface area contributed by atoms with E-state index >= 15 is 0 Å². The van der Waals surface area contributed by atoms with Gasteiger partial charge in [-0.05, 0) is 55.6 Å². The van der Waals surface area contributed by atoms with Crippen molar-refractivity contribution in [1.29, 1.82) is 0 Å². The van der Waals surface area contributed by atoms with Gasteiger partial charge >= 0.3 is 0 Å². The highest BCUT2D eigenvalue weighted by molar-refractivity contribution is 6.07. The van der Waals surface area contributed by atoms with Gasteiger partial charge in [0, 0.05) is 60.9 Å². The fourth-order valence-corrected chi connectivity index (χ4v) is 4.75. The molecule has 38 heavy (non-hydrogen) atoms. The van der Waals surface area contributed by atoms with Gasteiger partial charge in [0.15, 0.2) is 11.6 Å². The van der Waals surface area contributed by atoms with Crippen molar-refractivity contribution < 1.29 is 14.3 Å². The fraction of sp³-hybridized carbons (Fsp3) is 0.250. The second-order valence-corrected chi connectivity index (χ2v) is 9.49. The molecule has 10 heteroatoms. The van der Waals surface area contributed by atoms with Gasteiger partial charge in [-0.2, -0.15) is 0 Å². The Bertz CT molecular complexity index is 1490. The summed E-state index contributed by atoms with van der Waals surface area (Å²) in [5.41, 5.74) is 10.9. The van der Waals surface area contributed by atoms with E-state index in [0.29, 0.717) is 29.6 Å². The predicted octanol–water partition coefficient (Wildman–Crippen LogP) is 3.42. The van der Waals surface area contributed by atoms with E-state index in [1.165, 1.54) is 4.68 Å². The number of hydrogen-bond donors (Lipinski definition) is 2. The lowest BCUT2D eigenvalue weighted by atomic mass is 10.0. The molecule has 2 aliphatic heterocycles. The largest absolute Gasteiger partial charge is 0.497 e. The van der Waals surface area contributed by atoms with E-state index in [1.54, 1.807) is 13.3 Å². The van der Waals surface area contributed by atoms with Crippen molar-refractivity contribution in [2.45, 2.75) is 6.61 Å². The van der Waals surface area contributed by atoms with Gasteiger partial charge in [0.1, 0.15) is 23.7 Å². The number of piperazine rings is 1. The summed E-state index contributed by atoms with van der Waals surface area (Å²) in [6, 6.07) is 17.3. The van der Waals surface area contributed by atoms with E-state index in [4.69, 9.17) is 20.2 Å². The number of amides is 1. The molecule has 0 unspecified atom stereocenters. The van der Waals surface area contributed by atoms with Crippen LogP contribution in [0.2, 0.25) is 0 Å². The Morgan fingerprint density at radius 1 is 1.05 bits per heavy atom. The van der Waals surface area contributed by atoms with E-state index in [9.17, 15) is 4.79 Å². The fourth-order valence-electron chi connectivity index (χ4n) is 4.75. The van der Waals surface area contributed by atoms with Gasteiger partial charge in [-0.25, -0.2) is 9.67 Å². The molecular weight excluding hydrogens is 482 g/mol. The molecular formula is C28H29N7O3. The molecule has 0 aliphatic carbocycles. The number of methoxy groups -OCH3 is 1. The number of likely N-dealkylation sites (N-methyl/N-ethyl adjacent to an activating group) is 1. The van der Waals surface area contributed by atoms with Crippen molar-refractivity contribution in [1.82, 2.24) is 19.7 Å². The predicted molar refractivity (Wildman–Crippen MR) is 146 cm³/mol. The zero-order valence-corrected chi connectivity index (χ0v) is 21.3. The van der Waals surface area contributed by atoms with Crippen molar-refractivity contribution in [3.8, 4) is 28.6 Å². The van der Waals surface area contributed by atoms with Gasteiger partial charge in [0.2, 0.25) is 0 Å². The van der Waals surface area contributed by atoms with Crippen LogP contribution in [0.1, 0.15) is 15.9 Å². The normalized spacial score (nSPS) is 14.8. The first-order valence-corrected chi connectivity index (χ1v) is 12.5. The number of anilines is 3.